The Labute approximate surface area is 188 Å². The van der Waals surface area contributed by atoms with E-state index in [1.807, 2.05) is 0 Å². The molecule has 0 amide bonds. The molecule has 1 fully saturated rings. The molecule has 6 atom stereocenters. The molecule has 0 saturated carbocycles. The first kappa shape index (κ1) is 23.1. The van der Waals surface area contributed by atoms with Crippen LogP contribution < -0.4 is 14.2 Å². The zero-order valence-corrected chi connectivity index (χ0v) is 17.5. The highest BCUT2D eigenvalue weighted by atomic mass is 16.7. The van der Waals surface area contributed by atoms with Crippen molar-refractivity contribution in [3.63, 3.8) is 0 Å². The second kappa shape index (κ2) is 9.04. The zero-order chi connectivity index (χ0) is 23.9. The van der Waals surface area contributed by atoms with Gasteiger partial charge >= 0.3 is 0 Å². The molecule has 6 N–H and O–H groups in total. The number of fused-ring (bicyclic) bond motifs is 1. The highest BCUT2D eigenvalue weighted by Gasteiger charge is 2.45. The molecule has 1 saturated heterocycles. The third-order valence-corrected chi connectivity index (χ3v) is 5.66. The van der Waals surface area contributed by atoms with Crippen molar-refractivity contribution in [3.05, 3.63) is 41.5 Å². The number of carbonyl (C=O) groups is 1. The van der Waals surface area contributed by atoms with Gasteiger partial charge in [-0.1, -0.05) is 6.07 Å². The summed E-state index contributed by atoms with van der Waals surface area (Å²) in [7, 11) is 1.39. The van der Waals surface area contributed by atoms with Gasteiger partial charge in [0.1, 0.15) is 53.3 Å². The summed E-state index contributed by atoms with van der Waals surface area (Å²) < 4.78 is 22.3. The summed E-state index contributed by atoms with van der Waals surface area (Å²) in [5.41, 5.74) is 0.510. The number of carbonyl (C=O) groups excluding carboxylic acids is 1. The Bertz CT molecular complexity index is 1040. The molecule has 33 heavy (non-hydrogen) atoms. The van der Waals surface area contributed by atoms with Gasteiger partial charge in [-0.25, -0.2) is 0 Å². The Balaban J connectivity index is 1.66. The SMILES string of the molecule is COc1cc(O[C@@H]2O[C@H](CO)[C@@H](O)[C@H](O)[C@H]2O)c2c(c1)O[C@H](c1ccc(O)c(O)c1)CC2=O. The number of hydrogen-bond donors (Lipinski definition) is 6. The summed E-state index contributed by atoms with van der Waals surface area (Å²) in [6.07, 6.45) is -8.45. The maximum absolute atomic E-state index is 13.1. The zero-order valence-electron chi connectivity index (χ0n) is 17.5. The number of ketones is 1. The normalized spacial score (nSPS) is 29.2. The number of Topliss-reactive ketones (excluding diaryl/α,β-unsaturated/α-hetero) is 1. The minimum atomic E-state index is -1.67. The minimum absolute atomic E-state index is 0.0482. The number of aliphatic hydroxyl groups is 4. The molecule has 0 aromatic heterocycles. The van der Waals surface area contributed by atoms with Crippen LogP contribution in [0.5, 0.6) is 28.7 Å². The highest BCUT2D eigenvalue weighted by Crippen LogP contribution is 2.44. The minimum Gasteiger partial charge on any atom is -0.504 e. The quantitative estimate of drug-likeness (QED) is 0.328. The molecule has 2 aliphatic heterocycles. The number of ether oxygens (including phenoxy) is 4. The van der Waals surface area contributed by atoms with Crippen molar-refractivity contribution in [1.29, 1.82) is 0 Å². The first-order valence-corrected chi connectivity index (χ1v) is 10.1. The van der Waals surface area contributed by atoms with Gasteiger partial charge in [0.25, 0.3) is 0 Å². The van der Waals surface area contributed by atoms with Gasteiger partial charge in [0.2, 0.25) is 6.29 Å². The maximum Gasteiger partial charge on any atom is 0.229 e. The number of hydrogen-bond acceptors (Lipinski definition) is 11. The molecule has 2 heterocycles. The molecule has 0 spiro atoms. The lowest BCUT2D eigenvalue weighted by molar-refractivity contribution is -0.277. The van der Waals surface area contributed by atoms with Crippen molar-refractivity contribution in [2.75, 3.05) is 13.7 Å². The van der Waals surface area contributed by atoms with E-state index in [4.69, 9.17) is 18.9 Å². The number of phenols is 2. The smallest absolute Gasteiger partial charge is 0.229 e. The van der Waals surface area contributed by atoms with Crippen LogP contribution in [0.15, 0.2) is 30.3 Å². The fourth-order valence-corrected chi connectivity index (χ4v) is 3.83. The van der Waals surface area contributed by atoms with Gasteiger partial charge in [-0.2, -0.15) is 0 Å². The molecule has 2 aliphatic rings. The largest absolute Gasteiger partial charge is 0.504 e. The lowest BCUT2D eigenvalue weighted by Gasteiger charge is -2.40. The Morgan fingerprint density at radius 3 is 2.45 bits per heavy atom. The van der Waals surface area contributed by atoms with Gasteiger partial charge in [0.05, 0.1) is 20.1 Å². The first-order valence-electron chi connectivity index (χ1n) is 10.1. The van der Waals surface area contributed by atoms with Crippen molar-refractivity contribution in [2.45, 2.75) is 43.2 Å². The van der Waals surface area contributed by atoms with Gasteiger partial charge in [-0.05, 0) is 17.7 Å². The van der Waals surface area contributed by atoms with Gasteiger partial charge in [0.15, 0.2) is 17.3 Å². The van der Waals surface area contributed by atoms with E-state index in [0.717, 1.165) is 0 Å². The second-order valence-electron chi connectivity index (χ2n) is 7.80. The number of benzene rings is 2. The van der Waals surface area contributed by atoms with Crippen molar-refractivity contribution in [1.82, 2.24) is 0 Å². The fraction of sp³-hybridized carbons (Fsp3) is 0.409. The molecule has 0 radical (unpaired) electrons. The third-order valence-electron chi connectivity index (χ3n) is 5.66. The summed E-state index contributed by atoms with van der Waals surface area (Å²) in [5.74, 6) is -0.718. The molecular formula is C22H24O11. The molecule has 4 rings (SSSR count). The van der Waals surface area contributed by atoms with Crippen LogP contribution >= 0.6 is 0 Å². The molecule has 178 valence electrons. The Kier molecular flexibility index (Phi) is 6.32. The number of aromatic hydroxyl groups is 2. The molecular weight excluding hydrogens is 440 g/mol. The Hall–Kier alpha value is -3.09. The van der Waals surface area contributed by atoms with E-state index in [1.165, 1.54) is 37.4 Å². The lowest BCUT2D eigenvalue weighted by Crippen LogP contribution is -2.60. The summed E-state index contributed by atoms with van der Waals surface area (Å²) in [6, 6.07) is 6.95. The van der Waals surface area contributed by atoms with E-state index in [-0.39, 0.29) is 46.5 Å². The monoisotopic (exact) mass is 464 g/mol. The lowest BCUT2D eigenvalue weighted by atomic mass is 9.95. The number of rotatable bonds is 5. The van der Waals surface area contributed by atoms with Gasteiger partial charge in [-0.3, -0.25) is 4.79 Å². The van der Waals surface area contributed by atoms with Crippen LogP contribution in [0.1, 0.15) is 28.4 Å². The average molecular weight is 464 g/mol. The van der Waals surface area contributed by atoms with Crippen LogP contribution in [0.4, 0.5) is 0 Å². The van der Waals surface area contributed by atoms with Crippen LogP contribution in [0.2, 0.25) is 0 Å². The molecule has 0 aliphatic carbocycles. The van der Waals surface area contributed by atoms with E-state index in [1.54, 1.807) is 0 Å². The van der Waals surface area contributed by atoms with Gasteiger partial charge in [0, 0.05) is 12.1 Å². The fourth-order valence-electron chi connectivity index (χ4n) is 3.83. The van der Waals surface area contributed by atoms with Crippen molar-refractivity contribution >= 4 is 5.78 Å². The van der Waals surface area contributed by atoms with Gasteiger partial charge in [-0.15, -0.1) is 0 Å². The Morgan fingerprint density at radius 2 is 1.79 bits per heavy atom. The molecule has 2 aromatic carbocycles. The van der Waals surface area contributed by atoms with E-state index in [9.17, 15) is 35.4 Å². The van der Waals surface area contributed by atoms with Crippen LogP contribution in [-0.2, 0) is 4.74 Å². The Morgan fingerprint density at radius 1 is 1.03 bits per heavy atom. The highest BCUT2D eigenvalue weighted by molar-refractivity contribution is 6.03. The van der Waals surface area contributed by atoms with Gasteiger partial charge < -0.3 is 49.6 Å². The topological polar surface area (TPSA) is 175 Å². The first-order chi connectivity index (χ1) is 15.7. The third kappa shape index (κ3) is 4.28. The summed E-state index contributed by atoms with van der Waals surface area (Å²) >= 11 is 0. The molecule has 2 aromatic rings. The summed E-state index contributed by atoms with van der Waals surface area (Å²) in [6.45, 7) is -0.635. The molecule has 11 heteroatoms. The van der Waals surface area contributed by atoms with E-state index in [2.05, 4.69) is 0 Å². The second-order valence-corrected chi connectivity index (χ2v) is 7.80. The standard InChI is InChI=1S/C22H24O11/c1-30-10-5-15-18(13(26)7-14(31-15)9-2-3-11(24)12(25)4-9)16(6-10)32-22-21(29)20(28)19(27)17(8-23)33-22/h2-6,14,17,19-25,27-29H,7-8H2,1H3/t14-,17+,19+,20-,21+,22+/m0/s1. The van der Waals surface area contributed by atoms with E-state index >= 15 is 0 Å². The molecule has 0 unspecified atom stereocenters. The van der Waals surface area contributed by atoms with Crippen LogP contribution in [0.3, 0.4) is 0 Å². The molecule has 11 nitrogen and oxygen atoms in total. The predicted molar refractivity (Wildman–Crippen MR) is 109 cm³/mol. The van der Waals surface area contributed by atoms with Crippen LogP contribution in [0.25, 0.3) is 0 Å². The number of phenolic OH excluding ortho intramolecular Hbond substituents is 2. The number of aliphatic hydroxyl groups excluding tert-OH is 4. The van der Waals surface area contributed by atoms with Crippen molar-refractivity contribution in [2.24, 2.45) is 0 Å². The molecule has 0 bridgehead atoms. The maximum atomic E-state index is 13.1. The van der Waals surface area contributed by atoms with Crippen LogP contribution in [-0.4, -0.2) is 80.8 Å². The number of methoxy groups -OCH3 is 1. The average Bonchev–Trinajstić information content (AvgIpc) is 2.80. The van der Waals surface area contributed by atoms with E-state index in [0.29, 0.717) is 5.56 Å². The predicted octanol–water partition coefficient (Wildman–Crippen LogP) is -0.00840. The van der Waals surface area contributed by atoms with Crippen molar-refractivity contribution < 1.29 is 54.4 Å². The summed E-state index contributed by atoms with van der Waals surface area (Å²) in [4.78, 5) is 13.1. The van der Waals surface area contributed by atoms with Crippen molar-refractivity contribution in [3.8, 4) is 28.7 Å². The van der Waals surface area contributed by atoms with Crippen LogP contribution in [0, 0.1) is 0 Å². The van der Waals surface area contributed by atoms with E-state index < -0.39 is 43.4 Å². The summed E-state index contributed by atoms with van der Waals surface area (Å²) in [5, 5.41) is 58.9.